The number of nitrogens with two attached hydrogens (primary N) is 1. The number of benzene rings is 1. The molecule has 0 aliphatic carbocycles. The van der Waals surface area contributed by atoms with Crippen molar-refractivity contribution in [1.29, 1.82) is 0 Å². The van der Waals surface area contributed by atoms with E-state index in [0.717, 1.165) is 5.56 Å². The van der Waals surface area contributed by atoms with Gasteiger partial charge in [0.1, 0.15) is 0 Å². The summed E-state index contributed by atoms with van der Waals surface area (Å²) in [4.78, 5) is 0.190. The van der Waals surface area contributed by atoms with Crippen LogP contribution >= 0.6 is 0 Å². The summed E-state index contributed by atoms with van der Waals surface area (Å²) in [7, 11) is -3.59. The summed E-state index contributed by atoms with van der Waals surface area (Å²) in [5, 5.41) is 9.68. The van der Waals surface area contributed by atoms with E-state index in [1.807, 2.05) is 6.92 Å². The van der Waals surface area contributed by atoms with Crippen molar-refractivity contribution in [2.75, 3.05) is 13.2 Å². The van der Waals surface area contributed by atoms with Crippen LogP contribution in [0.3, 0.4) is 0 Å². The number of aliphatic hydroxyl groups excluding tert-OH is 1. The quantitative estimate of drug-likeness (QED) is 0.683. The van der Waals surface area contributed by atoms with E-state index in [4.69, 9.17) is 10.5 Å². The summed E-state index contributed by atoms with van der Waals surface area (Å²) in [5.41, 5.74) is 6.57. The molecule has 1 aliphatic rings. The predicted octanol–water partition coefficient (Wildman–Crippen LogP) is -0.640. The molecular formula is C12H18N2O4S. The van der Waals surface area contributed by atoms with Gasteiger partial charge in [0.15, 0.2) is 0 Å². The number of aryl methyl sites for hydroxylation is 1. The van der Waals surface area contributed by atoms with Crippen molar-refractivity contribution in [3.63, 3.8) is 0 Å². The average Bonchev–Trinajstić information content (AvgIpc) is 2.68. The summed E-state index contributed by atoms with van der Waals surface area (Å²) < 4.78 is 31.7. The molecule has 106 valence electrons. The highest BCUT2D eigenvalue weighted by Crippen LogP contribution is 2.14. The molecule has 0 radical (unpaired) electrons. The Morgan fingerprint density at radius 2 is 2.05 bits per heavy atom. The summed E-state index contributed by atoms with van der Waals surface area (Å²) >= 11 is 0. The second kappa shape index (κ2) is 5.56. The molecule has 2 rings (SSSR count). The van der Waals surface area contributed by atoms with Crippen molar-refractivity contribution in [2.24, 2.45) is 5.73 Å². The zero-order valence-corrected chi connectivity index (χ0v) is 11.4. The van der Waals surface area contributed by atoms with E-state index in [9.17, 15) is 13.5 Å². The van der Waals surface area contributed by atoms with E-state index in [1.165, 1.54) is 12.1 Å². The summed E-state index contributed by atoms with van der Waals surface area (Å²) in [6.45, 7) is 2.12. The highest BCUT2D eigenvalue weighted by Gasteiger charge is 2.34. The third kappa shape index (κ3) is 3.31. The minimum atomic E-state index is -3.59. The minimum absolute atomic E-state index is 0.00504. The first-order valence-corrected chi connectivity index (χ1v) is 7.50. The first-order chi connectivity index (χ1) is 8.90. The van der Waals surface area contributed by atoms with Gasteiger partial charge in [-0.05, 0) is 19.1 Å². The normalized spacial score (nSPS) is 27.6. The molecule has 0 spiro atoms. The lowest BCUT2D eigenvalue weighted by atomic mass is 10.1. The molecule has 19 heavy (non-hydrogen) atoms. The second-order valence-corrected chi connectivity index (χ2v) is 6.46. The first-order valence-electron chi connectivity index (χ1n) is 6.02. The van der Waals surface area contributed by atoms with Gasteiger partial charge in [-0.1, -0.05) is 17.7 Å². The topological polar surface area (TPSA) is 102 Å². The Hall–Kier alpha value is -0.990. The monoisotopic (exact) mass is 286 g/mol. The zero-order chi connectivity index (χ0) is 14.0. The first kappa shape index (κ1) is 14.4. The Bertz CT molecular complexity index is 529. The van der Waals surface area contributed by atoms with E-state index >= 15 is 0 Å². The van der Waals surface area contributed by atoms with Crippen molar-refractivity contribution in [3.8, 4) is 0 Å². The van der Waals surface area contributed by atoms with Crippen LogP contribution in [0.4, 0.5) is 0 Å². The average molecular weight is 286 g/mol. The largest absolute Gasteiger partial charge is 0.389 e. The van der Waals surface area contributed by atoms with E-state index < -0.39 is 28.3 Å². The summed E-state index contributed by atoms with van der Waals surface area (Å²) in [6.07, 6.45) is -1.45. The van der Waals surface area contributed by atoms with Crippen molar-refractivity contribution in [2.45, 2.75) is 30.1 Å². The Morgan fingerprint density at radius 3 is 2.58 bits per heavy atom. The van der Waals surface area contributed by atoms with E-state index in [-0.39, 0.29) is 18.0 Å². The number of nitrogens with one attached hydrogen (secondary N) is 1. The van der Waals surface area contributed by atoms with E-state index in [1.54, 1.807) is 12.1 Å². The van der Waals surface area contributed by atoms with Gasteiger partial charge in [-0.2, -0.15) is 0 Å². The minimum Gasteiger partial charge on any atom is -0.389 e. The van der Waals surface area contributed by atoms with Gasteiger partial charge >= 0.3 is 0 Å². The van der Waals surface area contributed by atoms with Crippen molar-refractivity contribution in [3.05, 3.63) is 29.8 Å². The molecule has 0 saturated carbocycles. The van der Waals surface area contributed by atoms with Crippen LogP contribution in [-0.2, 0) is 14.8 Å². The molecule has 0 bridgehead atoms. The fourth-order valence-corrected chi connectivity index (χ4v) is 2.92. The number of aliphatic hydroxyl groups is 1. The number of hydrogen-bond donors (Lipinski definition) is 3. The maximum atomic E-state index is 12.0. The molecule has 1 aromatic carbocycles. The fraction of sp³-hybridized carbons (Fsp3) is 0.500. The number of ether oxygens (including phenoxy) is 1. The highest BCUT2D eigenvalue weighted by molar-refractivity contribution is 7.89. The lowest BCUT2D eigenvalue weighted by Gasteiger charge is -2.16. The van der Waals surface area contributed by atoms with Gasteiger partial charge in [-0.15, -0.1) is 0 Å². The molecule has 0 unspecified atom stereocenters. The molecule has 0 amide bonds. The molecule has 3 atom stereocenters. The molecule has 0 aromatic heterocycles. The Balaban J connectivity index is 2.00. The lowest BCUT2D eigenvalue weighted by molar-refractivity contribution is 0.0453. The van der Waals surface area contributed by atoms with Crippen molar-refractivity contribution < 1.29 is 18.3 Å². The highest BCUT2D eigenvalue weighted by atomic mass is 32.2. The molecule has 7 heteroatoms. The van der Waals surface area contributed by atoms with Gasteiger partial charge in [0.25, 0.3) is 0 Å². The van der Waals surface area contributed by atoms with Gasteiger partial charge in [0.2, 0.25) is 10.0 Å². The smallest absolute Gasteiger partial charge is 0.240 e. The van der Waals surface area contributed by atoms with Gasteiger partial charge in [0, 0.05) is 6.54 Å². The molecule has 4 N–H and O–H groups in total. The standard InChI is InChI=1S/C12H18N2O4S/c1-8-2-4-9(5-3-8)19(16,17)14-6-11-12(15)10(13)7-18-11/h2-5,10-12,14-15H,6-7,13H2,1H3/t10-,11-,12+/m0/s1. The van der Waals surface area contributed by atoms with Crippen LogP contribution in [0.15, 0.2) is 29.2 Å². The molecule has 6 nitrogen and oxygen atoms in total. The maximum absolute atomic E-state index is 12.0. The zero-order valence-electron chi connectivity index (χ0n) is 10.6. The molecule has 1 aliphatic heterocycles. The number of rotatable bonds is 4. The van der Waals surface area contributed by atoms with Gasteiger partial charge in [-0.3, -0.25) is 0 Å². The number of sulfonamides is 1. The summed E-state index contributed by atoms with van der Waals surface area (Å²) in [5.74, 6) is 0. The Labute approximate surface area is 112 Å². The van der Waals surface area contributed by atoms with Gasteiger partial charge in [-0.25, -0.2) is 13.1 Å². The lowest BCUT2D eigenvalue weighted by Crippen LogP contribution is -2.42. The SMILES string of the molecule is Cc1ccc(S(=O)(=O)NC[C@@H]2OC[C@H](N)[C@H]2O)cc1. The molecule has 1 heterocycles. The van der Waals surface area contributed by atoms with Crippen LogP contribution < -0.4 is 10.5 Å². The fourth-order valence-electron chi connectivity index (χ4n) is 1.88. The van der Waals surface area contributed by atoms with Gasteiger partial charge < -0.3 is 15.6 Å². The predicted molar refractivity (Wildman–Crippen MR) is 70.1 cm³/mol. The van der Waals surface area contributed by atoms with Crippen molar-refractivity contribution >= 4 is 10.0 Å². The molecule has 1 saturated heterocycles. The summed E-state index contributed by atoms with van der Waals surface area (Å²) in [6, 6.07) is 6.07. The van der Waals surface area contributed by atoms with Crippen LogP contribution in [0.2, 0.25) is 0 Å². The Kier molecular flexibility index (Phi) is 4.22. The van der Waals surface area contributed by atoms with Crippen LogP contribution in [0.5, 0.6) is 0 Å². The van der Waals surface area contributed by atoms with Gasteiger partial charge in [0.05, 0.1) is 29.8 Å². The number of hydrogen-bond acceptors (Lipinski definition) is 5. The molecular weight excluding hydrogens is 268 g/mol. The van der Waals surface area contributed by atoms with Crippen LogP contribution in [0.25, 0.3) is 0 Å². The molecule has 1 aromatic rings. The molecule has 1 fully saturated rings. The van der Waals surface area contributed by atoms with Crippen LogP contribution in [0.1, 0.15) is 5.56 Å². The van der Waals surface area contributed by atoms with Crippen LogP contribution in [-0.4, -0.2) is 44.9 Å². The van der Waals surface area contributed by atoms with E-state index in [0.29, 0.717) is 0 Å². The third-order valence-electron chi connectivity index (χ3n) is 3.13. The van der Waals surface area contributed by atoms with Crippen LogP contribution in [0, 0.1) is 6.92 Å². The third-order valence-corrected chi connectivity index (χ3v) is 4.57. The maximum Gasteiger partial charge on any atom is 0.240 e. The Morgan fingerprint density at radius 1 is 1.42 bits per heavy atom. The second-order valence-electron chi connectivity index (χ2n) is 4.69. The van der Waals surface area contributed by atoms with Crippen molar-refractivity contribution in [1.82, 2.24) is 4.72 Å². The van der Waals surface area contributed by atoms with E-state index in [2.05, 4.69) is 4.72 Å².